The summed E-state index contributed by atoms with van der Waals surface area (Å²) in [6.45, 7) is 0. The number of amides is 2. The Labute approximate surface area is 195 Å². The quantitative estimate of drug-likeness (QED) is 0.255. The highest BCUT2D eigenvalue weighted by atomic mass is 16.2. The van der Waals surface area contributed by atoms with E-state index in [1.54, 1.807) is 12.1 Å². The van der Waals surface area contributed by atoms with E-state index in [1.165, 1.54) is 18.7 Å². The van der Waals surface area contributed by atoms with Crippen molar-refractivity contribution in [1.29, 1.82) is 0 Å². The lowest BCUT2D eigenvalue weighted by Gasteiger charge is -2.19. The number of benzene rings is 2. The first-order valence-electron chi connectivity index (χ1n) is 10.4. The van der Waals surface area contributed by atoms with Gasteiger partial charge in [-0.15, -0.1) is 0 Å². The first-order valence-corrected chi connectivity index (χ1v) is 10.4. The van der Waals surface area contributed by atoms with Crippen molar-refractivity contribution < 1.29 is 9.59 Å². The topological polar surface area (TPSA) is 147 Å². The Hall–Kier alpha value is -4.99. The first kappa shape index (κ1) is 22.2. The number of rotatable bonds is 8. The molecule has 0 unspecified atom stereocenters. The van der Waals surface area contributed by atoms with Gasteiger partial charge in [-0.1, -0.05) is 60.7 Å². The van der Waals surface area contributed by atoms with Crippen LogP contribution in [0.25, 0.3) is 0 Å². The van der Waals surface area contributed by atoms with E-state index in [0.29, 0.717) is 5.56 Å². The number of hydrazine groups is 2. The number of carbonyl (C=O) groups is 2. The summed E-state index contributed by atoms with van der Waals surface area (Å²) in [5, 5.41) is 0. The predicted octanol–water partition coefficient (Wildman–Crippen LogP) is 2.49. The fourth-order valence-corrected chi connectivity index (χ4v) is 3.27. The van der Waals surface area contributed by atoms with Crippen molar-refractivity contribution in [3.05, 3.63) is 108 Å². The average molecular weight is 454 g/mol. The second kappa shape index (κ2) is 10.6. The molecule has 0 atom stereocenters. The fraction of sp³-hybridized carbons (Fsp3) is 0.0417. The van der Waals surface area contributed by atoms with Crippen LogP contribution >= 0.6 is 0 Å². The Balaban J connectivity index is 1.45. The number of nitrogen functional groups attached to an aromatic ring is 1. The van der Waals surface area contributed by atoms with E-state index < -0.39 is 11.8 Å². The van der Waals surface area contributed by atoms with Gasteiger partial charge in [0.25, 0.3) is 5.91 Å². The monoisotopic (exact) mass is 454 g/mol. The minimum absolute atomic E-state index is 0.105. The average Bonchev–Trinajstić information content (AvgIpc) is 2.89. The molecule has 170 valence electrons. The Morgan fingerprint density at radius 1 is 0.735 bits per heavy atom. The van der Waals surface area contributed by atoms with Crippen LogP contribution < -0.4 is 27.4 Å². The number of anilines is 3. The first-order chi connectivity index (χ1) is 16.6. The third kappa shape index (κ3) is 5.25. The number of pyridine rings is 1. The molecule has 2 amide bonds. The summed E-state index contributed by atoms with van der Waals surface area (Å²) < 4.78 is 0. The summed E-state index contributed by atoms with van der Waals surface area (Å²) in [5.74, 6) is -0.899. The summed E-state index contributed by atoms with van der Waals surface area (Å²) in [6, 6.07) is 22.0. The minimum atomic E-state index is -0.546. The molecule has 4 rings (SSSR count). The van der Waals surface area contributed by atoms with Gasteiger partial charge in [-0.05, 0) is 23.3 Å². The molecule has 0 aliphatic carbocycles. The number of hydrogen-bond donors (Lipinski definition) is 5. The van der Waals surface area contributed by atoms with Crippen LogP contribution in [-0.4, -0.2) is 26.8 Å². The number of nitrogens with one attached hydrogen (secondary N) is 4. The maximum absolute atomic E-state index is 13.2. The lowest BCUT2D eigenvalue weighted by atomic mass is 9.91. The van der Waals surface area contributed by atoms with E-state index in [1.807, 2.05) is 60.7 Å². The largest absolute Gasteiger partial charge is 0.393 e. The van der Waals surface area contributed by atoms with Crippen LogP contribution in [0.1, 0.15) is 27.4 Å². The van der Waals surface area contributed by atoms with Gasteiger partial charge in [0.2, 0.25) is 5.91 Å². The molecule has 2 aromatic carbocycles. The highest BCUT2D eigenvalue weighted by molar-refractivity contribution is 5.95. The zero-order valence-electron chi connectivity index (χ0n) is 18.0. The maximum Gasteiger partial charge on any atom is 0.269 e. The molecule has 2 heterocycles. The molecule has 0 spiro atoms. The molecular weight excluding hydrogens is 432 g/mol. The molecule has 2 aromatic heterocycles. The molecule has 0 bridgehead atoms. The van der Waals surface area contributed by atoms with Crippen molar-refractivity contribution in [3.63, 3.8) is 0 Å². The molecule has 0 radical (unpaired) electrons. The standard InChI is InChI=1S/C24H22N8O2/c25-20-21(29-31-23(33)18-11-13-26-14-12-18)27-15-28-22(20)30-32-24(34)19(16-7-3-1-4-8-16)17-9-5-2-6-10-17/h1-15,19H,25H2,(H,31,33)(H,32,34)(H2,27,28,29,30). The molecule has 0 aliphatic heterocycles. The van der Waals surface area contributed by atoms with Gasteiger partial charge < -0.3 is 5.73 Å². The van der Waals surface area contributed by atoms with Crippen molar-refractivity contribution in [1.82, 2.24) is 25.8 Å². The zero-order chi connectivity index (χ0) is 23.8. The molecule has 4 aromatic rings. The minimum Gasteiger partial charge on any atom is -0.393 e. The van der Waals surface area contributed by atoms with Crippen molar-refractivity contribution in [2.45, 2.75) is 5.92 Å². The van der Waals surface area contributed by atoms with Crippen molar-refractivity contribution in [2.75, 3.05) is 16.6 Å². The number of hydrogen-bond acceptors (Lipinski definition) is 8. The second-order valence-corrected chi connectivity index (χ2v) is 7.17. The summed E-state index contributed by atoms with van der Waals surface area (Å²) in [5.41, 5.74) is 18.9. The van der Waals surface area contributed by atoms with Crippen LogP contribution in [0.5, 0.6) is 0 Å². The normalized spacial score (nSPS) is 10.4. The Morgan fingerprint density at radius 2 is 1.26 bits per heavy atom. The van der Waals surface area contributed by atoms with Crippen LogP contribution in [0.3, 0.4) is 0 Å². The van der Waals surface area contributed by atoms with Crippen molar-refractivity contribution >= 4 is 29.1 Å². The molecular formula is C24H22N8O2. The van der Waals surface area contributed by atoms with Gasteiger partial charge in [-0.3, -0.25) is 36.3 Å². The molecule has 10 nitrogen and oxygen atoms in total. The zero-order valence-corrected chi connectivity index (χ0v) is 18.0. The molecule has 34 heavy (non-hydrogen) atoms. The Bertz CT molecular complexity index is 1210. The number of nitrogens with two attached hydrogens (primary N) is 1. The second-order valence-electron chi connectivity index (χ2n) is 7.17. The molecule has 0 saturated heterocycles. The molecule has 6 N–H and O–H groups in total. The van der Waals surface area contributed by atoms with Gasteiger partial charge in [0.15, 0.2) is 11.6 Å². The molecule has 10 heteroatoms. The van der Waals surface area contributed by atoms with Gasteiger partial charge in [-0.2, -0.15) is 0 Å². The van der Waals surface area contributed by atoms with Crippen LogP contribution in [0.15, 0.2) is 91.5 Å². The summed E-state index contributed by atoms with van der Waals surface area (Å²) in [6.07, 6.45) is 4.27. The lowest BCUT2D eigenvalue weighted by molar-refractivity contribution is -0.121. The molecule has 0 aliphatic rings. The van der Waals surface area contributed by atoms with Crippen LogP contribution in [0.4, 0.5) is 17.3 Å². The summed E-state index contributed by atoms with van der Waals surface area (Å²) in [7, 11) is 0. The number of carbonyl (C=O) groups excluding carboxylic acids is 2. The lowest BCUT2D eigenvalue weighted by Crippen LogP contribution is -2.35. The Kier molecular flexibility index (Phi) is 6.89. The van der Waals surface area contributed by atoms with Gasteiger partial charge >= 0.3 is 0 Å². The van der Waals surface area contributed by atoms with Crippen LogP contribution in [0, 0.1) is 0 Å². The van der Waals surface area contributed by atoms with E-state index in [0.717, 1.165) is 11.1 Å². The van der Waals surface area contributed by atoms with E-state index in [4.69, 9.17) is 5.73 Å². The number of nitrogens with zero attached hydrogens (tertiary/aromatic N) is 3. The van der Waals surface area contributed by atoms with Crippen molar-refractivity contribution in [2.24, 2.45) is 0 Å². The van der Waals surface area contributed by atoms with E-state index in [-0.39, 0.29) is 23.2 Å². The third-order valence-electron chi connectivity index (χ3n) is 4.95. The summed E-state index contributed by atoms with van der Waals surface area (Å²) in [4.78, 5) is 37.4. The highest BCUT2D eigenvalue weighted by Crippen LogP contribution is 2.25. The van der Waals surface area contributed by atoms with Gasteiger partial charge in [-0.25, -0.2) is 9.97 Å². The number of aromatic nitrogens is 3. The molecule has 0 fully saturated rings. The molecule has 0 saturated carbocycles. The van der Waals surface area contributed by atoms with Crippen molar-refractivity contribution in [3.8, 4) is 0 Å². The van der Waals surface area contributed by atoms with E-state index >= 15 is 0 Å². The van der Waals surface area contributed by atoms with Crippen LogP contribution in [-0.2, 0) is 4.79 Å². The third-order valence-corrected chi connectivity index (χ3v) is 4.95. The fourth-order valence-electron chi connectivity index (χ4n) is 3.27. The predicted molar refractivity (Wildman–Crippen MR) is 128 cm³/mol. The van der Waals surface area contributed by atoms with E-state index in [9.17, 15) is 9.59 Å². The maximum atomic E-state index is 13.2. The smallest absolute Gasteiger partial charge is 0.269 e. The highest BCUT2D eigenvalue weighted by Gasteiger charge is 2.23. The van der Waals surface area contributed by atoms with Gasteiger partial charge in [0, 0.05) is 18.0 Å². The van der Waals surface area contributed by atoms with Gasteiger partial charge in [0.1, 0.15) is 12.0 Å². The summed E-state index contributed by atoms with van der Waals surface area (Å²) >= 11 is 0. The van der Waals surface area contributed by atoms with Gasteiger partial charge in [0.05, 0.1) is 5.92 Å². The van der Waals surface area contributed by atoms with Crippen LogP contribution in [0.2, 0.25) is 0 Å². The Morgan fingerprint density at radius 3 is 1.82 bits per heavy atom. The van der Waals surface area contributed by atoms with E-state index in [2.05, 4.69) is 36.7 Å². The SMILES string of the molecule is Nc1c(NNC(=O)c2ccncc2)ncnc1NNC(=O)C(c1ccccc1)c1ccccc1.